The molecule has 0 radical (unpaired) electrons. The van der Waals surface area contributed by atoms with E-state index in [0.29, 0.717) is 13.0 Å². The Morgan fingerprint density at radius 2 is 2.09 bits per heavy atom. The molecule has 2 rings (SSSR count). The Morgan fingerprint density at radius 3 is 2.68 bits per heavy atom. The molecular weight excluding hydrogens is 312 g/mol. The maximum absolute atomic E-state index is 12.5. The Labute approximate surface area is 131 Å². The van der Waals surface area contributed by atoms with Gasteiger partial charge < -0.3 is 10.0 Å². The Balaban J connectivity index is 2.31. The lowest BCUT2D eigenvalue weighted by molar-refractivity contribution is -0.385. The van der Waals surface area contributed by atoms with E-state index in [0.717, 1.165) is 6.07 Å². The molecule has 0 bridgehead atoms. The number of likely N-dealkylation sites (tertiary alicyclic amines) is 1. The lowest BCUT2D eigenvalue weighted by Crippen LogP contribution is -2.45. The van der Waals surface area contributed by atoms with Crippen molar-refractivity contribution >= 4 is 29.2 Å². The van der Waals surface area contributed by atoms with E-state index in [2.05, 4.69) is 0 Å². The maximum Gasteiger partial charge on any atom is 0.308 e. The summed E-state index contributed by atoms with van der Waals surface area (Å²) in [5.74, 6) is -2.14. The summed E-state index contributed by atoms with van der Waals surface area (Å²) in [6.07, 6.45) is 0.488. The Morgan fingerprint density at radius 1 is 1.41 bits per heavy atom. The average molecular weight is 327 g/mol. The summed E-state index contributed by atoms with van der Waals surface area (Å²) in [5, 5.41) is 20.4. The molecular formula is C14H15ClN2O5. The summed E-state index contributed by atoms with van der Waals surface area (Å²) in [5.41, 5.74) is -0.449. The maximum atomic E-state index is 12.5. The first-order valence-corrected chi connectivity index (χ1v) is 7.13. The third-order valence-corrected chi connectivity index (χ3v) is 3.92. The van der Waals surface area contributed by atoms with Gasteiger partial charge in [-0.2, -0.15) is 0 Å². The lowest BCUT2D eigenvalue weighted by atomic mass is 9.90. The monoisotopic (exact) mass is 326 g/mol. The van der Waals surface area contributed by atoms with E-state index >= 15 is 0 Å². The van der Waals surface area contributed by atoms with Crippen molar-refractivity contribution in [2.45, 2.75) is 13.3 Å². The van der Waals surface area contributed by atoms with Gasteiger partial charge in [0.05, 0.1) is 10.8 Å². The molecule has 1 amide bonds. The van der Waals surface area contributed by atoms with E-state index < -0.39 is 22.7 Å². The highest BCUT2D eigenvalue weighted by atomic mass is 35.5. The molecule has 0 saturated carbocycles. The highest BCUT2D eigenvalue weighted by molar-refractivity contribution is 6.31. The van der Waals surface area contributed by atoms with Crippen LogP contribution >= 0.6 is 11.6 Å². The van der Waals surface area contributed by atoms with Crippen LogP contribution in [-0.4, -0.2) is 39.9 Å². The van der Waals surface area contributed by atoms with Gasteiger partial charge in [0, 0.05) is 24.2 Å². The quantitative estimate of drug-likeness (QED) is 0.679. The molecule has 1 heterocycles. The summed E-state index contributed by atoms with van der Waals surface area (Å²) in [7, 11) is 0. The largest absolute Gasteiger partial charge is 0.481 e. The number of halogens is 1. The van der Waals surface area contributed by atoms with Crippen molar-refractivity contribution in [1.29, 1.82) is 0 Å². The molecule has 1 N–H and O–H groups in total. The minimum Gasteiger partial charge on any atom is -0.481 e. The van der Waals surface area contributed by atoms with E-state index in [1.165, 1.54) is 17.0 Å². The molecule has 1 aliphatic heterocycles. The summed E-state index contributed by atoms with van der Waals surface area (Å²) in [6, 6.07) is 3.83. The molecule has 22 heavy (non-hydrogen) atoms. The highest BCUT2D eigenvalue weighted by Crippen LogP contribution is 2.28. The van der Waals surface area contributed by atoms with Gasteiger partial charge in [-0.3, -0.25) is 19.7 Å². The number of carbonyl (C=O) groups excluding carboxylic acids is 1. The number of hydrogen-bond acceptors (Lipinski definition) is 4. The first-order chi connectivity index (χ1) is 10.3. The van der Waals surface area contributed by atoms with Gasteiger partial charge in [-0.1, -0.05) is 18.5 Å². The second-order valence-electron chi connectivity index (χ2n) is 5.50. The van der Waals surface area contributed by atoms with E-state index in [1.54, 1.807) is 0 Å². The zero-order valence-corrected chi connectivity index (χ0v) is 12.6. The van der Waals surface area contributed by atoms with E-state index in [-0.39, 0.29) is 28.7 Å². The van der Waals surface area contributed by atoms with Gasteiger partial charge in [0.1, 0.15) is 5.56 Å². The van der Waals surface area contributed by atoms with Crippen LogP contribution in [0.2, 0.25) is 5.02 Å². The fourth-order valence-corrected chi connectivity index (χ4v) is 2.87. The zero-order chi connectivity index (χ0) is 16.4. The molecule has 1 aliphatic rings. The van der Waals surface area contributed by atoms with Crippen molar-refractivity contribution in [3.05, 3.63) is 38.9 Å². The van der Waals surface area contributed by atoms with Gasteiger partial charge in [-0.25, -0.2) is 0 Å². The molecule has 118 valence electrons. The van der Waals surface area contributed by atoms with Gasteiger partial charge >= 0.3 is 5.97 Å². The van der Waals surface area contributed by atoms with Crippen molar-refractivity contribution in [2.75, 3.05) is 13.1 Å². The van der Waals surface area contributed by atoms with Crippen LogP contribution in [0.15, 0.2) is 18.2 Å². The summed E-state index contributed by atoms with van der Waals surface area (Å²) >= 11 is 5.73. The van der Waals surface area contributed by atoms with Gasteiger partial charge in [-0.15, -0.1) is 0 Å². The fraction of sp³-hybridized carbons (Fsp3) is 0.429. The van der Waals surface area contributed by atoms with Crippen molar-refractivity contribution in [1.82, 2.24) is 4.90 Å². The summed E-state index contributed by atoms with van der Waals surface area (Å²) in [6.45, 7) is 2.28. The molecule has 2 atom stereocenters. The van der Waals surface area contributed by atoms with Crippen LogP contribution in [0.25, 0.3) is 0 Å². The highest BCUT2D eigenvalue weighted by Gasteiger charge is 2.34. The number of carbonyl (C=O) groups is 2. The molecule has 8 heteroatoms. The fourth-order valence-electron chi connectivity index (χ4n) is 2.70. The standard InChI is InChI=1S/C14H15ClN2O5/c1-8-4-9(14(19)20)7-16(6-8)13(18)11-3-2-10(15)5-12(11)17(21)22/h2-3,5,8-9H,4,6-7H2,1H3,(H,19,20). The van der Waals surface area contributed by atoms with E-state index in [1.807, 2.05) is 6.92 Å². The number of benzene rings is 1. The molecule has 2 unspecified atom stereocenters. The van der Waals surface area contributed by atoms with Crippen molar-refractivity contribution in [3.8, 4) is 0 Å². The average Bonchev–Trinajstić information content (AvgIpc) is 2.45. The normalized spacial score (nSPS) is 21.5. The Kier molecular flexibility index (Phi) is 4.65. The van der Waals surface area contributed by atoms with Crippen LogP contribution < -0.4 is 0 Å². The van der Waals surface area contributed by atoms with Crippen LogP contribution in [0.5, 0.6) is 0 Å². The Bertz CT molecular complexity index is 634. The van der Waals surface area contributed by atoms with Crippen LogP contribution in [0.1, 0.15) is 23.7 Å². The number of aliphatic carboxylic acids is 1. The minimum absolute atomic E-state index is 0.0187. The number of hydrogen-bond donors (Lipinski definition) is 1. The number of carboxylic acids is 1. The van der Waals surface area contributed by atoms with E-state index in [4.69, 9.17) is 16.7 Å². The molecule has 1 aromatic rings. The van der Waals surface area contributed by atoms with Crippen molar-refractivity contribution in [3.63, 3.8) is 0 Å². The van der Waals surface area contributed by atoms with Crippen LogP contribution in [-0.2, 0) is 4.79 Å². The van der Waals surface area contributed by atoms with Crippen LogP contribution in [0.4, 0.5) is 5.69 Å². The first-order valence-electron chi connectivity index (χ1n) is 6.75. The number of piperidine rings is 1. The predicted molar refractivity (Wildman–Crippen MR) is 78.9 cm³/mol. The molecule has 0 spiro atoms. The van der Waals surface area contributed by atoms with Crippen molar-refractivity contribution < 1.29 is 19.6 Å². The molecule has 1 aromatic carbocycles. The molecule has 1 fully saturated rings. The van der Waals surface area contributed by atoms with E-state index in [9.17, 15) is 19.7 Å². The lowest BCUT2D eigenvalue weighted by Gasteiger charge is -2.34. The number of carboxylic acid groups (broad SMARTS) is 1. The van der Waals surface area contributed by atoms with Crippen LogP contribution in [0.3, 0.4) is 0 Å². The first kappa shape index (κ1) is 16.2. The number of rotatable bonds is 3. The van der Waals surface area contributed by atoms with Gasteiger partial charge in [0.25, 0.3) is 11.6 Å². The predicted octanol–water partition coefficient (Wildman–Crippen LogP) is 2.43. The number of nitro groups is 1. The Hall–Kier alpha value is -2.15. The molecule has 1 saturated heterocycles. The van der Waals surface area contributed by atoms with Gasteiger partial charge in [-0.05, 0) is 24.5 Å². The summed E-state index contributed by atoms with van der Waals surface area (Å²) in [4.78, 5) is 35.5. The number of nitrogens with zero attached hydrogens (tertiary/aromatic N) is 2. The van der Waals surface area contributed by atoms with Crippen LogP contribution in [0, 0.1) is 22.0 Å². The number of amides is 1. The smallest absolute Gasteiger partial charge is 0.308 e. The topological polar surface area (TPSA) is 101 Å². The van der Waals surface area contributed by atoms with Gasteiger partial charge in [0.2, 0.25) is 0 Å². The minimum atomic E-state index is -0.963. The zero-order valence-electron chi connectivity index (χ0n) is 11.9. The van der Waals surface area contributed by atoms with Crippen molar-refractivity contribution in [2.24, 2.45) is 11.8 Å². The molecule has 0 aromatic heterocycles. The van der Waals surface area contributed by atoms with Gasteiger partial charge in [0.15, 0.2) is 0 Å². The SMILES string of the molecule is CC1CC(C(=O)O)CN(C(=O)c2ccc(Cl)cc2[N+](=O)[O-])C1. The third kappa shape index (κ3) is 3.36. The second-order valence-corrected chi connectivity index (χ2v) is 5.94. The second kappa shape index (κ2) is 6.31. The molecule has 0 aliphatic carbocycles. The third-order valence-electron chi connectivity index (χ3n) is 3.68. The molecule has 7 nitrogen and oxygen atoms in total. The summed E-state index contributed by atoms with van der Waals surface area (Å²) < 4.78 is 0. The number of nitro benzene ring substituents is 1.